The van der Waals surface area contributed by atoms with Gasteiger partial charge < -0.3 is 5.73 Å². The van der Waals surface area contributed by atoms with Crippen molar-refractivity contribution >= 4 is 40.3 Å². The van der Waals surface area contributed by atoms with Crippen LogP contribution in [0.25, 0.3) is 0 Å². The zero-order valence-electron chi connectivity index (χ0n) is 3.79. The first kappa shape index (κ1) is 11.6. The second-order valence-corrected chi connectivity index (χ2v) is 22.8. The molecule has 0 rings (SSSR count). The zero-order chi connectivity index (χ0) is 6.50. The molecule has 6 heteroatoms. The van der Waals surface area contributed by atoms with Crippen LogP contribution in [0.1, 0.15) is 0 Å². The molecule has 0 unspecified atom stereocenters. The maximum absolute atomic E-state index is 4.51. The van der Waals surface area contributed by atoms with E-state index in [0.717, 1.165) is 0 Å². The molecule has 3 N–H and O–H groups in total. The van der Waals surface area contributed by atoms with E-state index in [1.54, 1.807) is 7.05 Å². The monoisotopic (exact) mass is 259 g/mol. The van der Waals surface area contributed by atoms with Crippen LogP contribution in [0.5, 0.6) is 0 Å². The summed E-state index contributed by atoms with van der Waals surface area (Å²) >= 11 is 0. The quantitative estimate of drug-likeness (QED) is 0.377. The van der Waals surface area contributed by atoms with E-state index in [2.05, 4.69) is 46.0 Å². The predicted octanol–water partition coefficient (Wildman–Crippen LogP) is 0.530. The van der Waals surface area contributed by atoms with Crippen LogP contribution in [0.2, 0.25) is 0 Å². The van der Waals surface area contributed by atoms with Crippen molar-refractivity contribution < 1.29 is 15.6 Å². The Balaban J connectivity index is 0. The molecule has 0 aliphatic carbocycles. The summed E-state index contributed by atoms with van der Waals surface area (Å²) < 4.78 is 0. The average molecular weight is 257 g/mol. The standard InChI is InChI=1S/CH5N.Mo.H2S.3S/c1-2;;;;;/h2H2,1H3;;1H2;;;/q;+1;;;;-1. The molecule has 0 aromatic heterocycles. The topological polar surface area (TPSA) is 27.6 Å². The van der Waals surface area contributed by atoms with Gasteiger partial charge in [-0.05, 0) is 0 Å². The number of hydrogen-bond donors (Lipinski definition) is 2. The van der Waals surface area contributed by atoms with Gasteiger partial charge in [0.15, 0.2) is 0 Å². The second kappa shape index (κ2) is 5.92. The minimum atomic E-state index is -2.58. The van der Waals surface area contributed by atoms with Gasteiger partial charge in [0, 0.05) is 0 Å². The summed E-state index contributed by atoms with van der Waals surface area (Å²) in [5.41, 5.74) is 3.25. The average Bonchev–Trinajstić information content (AvgIpc) is 1.36. The van der Waals surface area contributed by atoms with Crippen LogP contribution in [0.3, 0.4) is 0 Å². The van der Waals surface area contributed by atoms with Crippen molar-refractivity contribution in [3.8, 4) is 0 Å². The Labute approximate surface area is 62.4 Å². The first-order valence-electron chi connectivity index (χ1n) is 1.39. The Morgan fingerprint density at radius 1 is 1.57 bits per heavy atom. The number of rotatable bonds is 0. The van der Waals surface area contributed by atoms with Crippen LogP contribution in [0.4, 0.5) is 0 Å². The van der Waals surface area contributed by atoms with Gasteiger partial charge in [-0.25, -0.2) is 0 Å². The maximum atomic E-state index is 4.51. The molecule has 0 spiro atoms. The van der Waals surface area contributed by atoms with Gasteiger partial charge in [0.1, 0.15) is 0 Å². The molecule has 0 bridgehead atoms. The van der Waals surface area contributed by atoms with Crippen molar-refractivity contribution in [2.75, 3.05) is 7.05 Å². The molecule has 0 heterocycles. The molecule has 0 aliphatic heterocycles. The summed E-state index contributed by atoms with van der Waals surface area (Å²) in [6.07, 6.45) is 0. The van der Waals surface area contributed by atoms with Crippen LogP contribution in [0, 0.1) is 0 Å². The summed E-state index contributed by atoms with van der Waals surface area (Å²) in [5, 5.41) is 0. The molecule has 0 saturated heterocycles. The fraction of sp³-hybridized carbons (Fsp3) is 1.00. The first-order valence-corrected chi connectivity index (χ1v) is 12.8. The molecular formula is CH7MoNS4. The first-order chi connectivity index (χ1) is 3.00. The van der Waals surface area contributed by atoms with Gasteiger partial charge in [-0.3, -0.25) is 0 Å². The fourth-order valence-corrected chi connectivity index (χ4v) is 0. The number of thiol groups is 1. The molecule has 0 saturated carbocycles. The molecule has 1 nitrogen and oxygen atoms in total. The third-order valence-electron chi connectivity index (χ3n) is 0. The van der Waals surface area contributed by atoms with Gasteiger partial charge >= 0.3 is 50.2 Å². The van der Waals surface area contributed by atoms with Crippen LogP contribution >= 0.6 is 30.0 Å². The third kappa shape index (κ3) is 81.6. The molecule has 0 atom stereocenters. The summed E-state index contributed by atoms with van der Waals surface area (Å²) in [7, 11) is 16.5. The summed E-state index contributed by atoms with van der Waals surface area (Å²) in [6, 6.07) is 0. The summed E-state index contributed by atoms with van der Waals surface area (Å²) in [6.45, 7) is 0. The van der Waals surface area contributed by atoms with Crippen LogP contribution < -0.4 is 5.73 Å². The van der Waals surface area contributed by atoms with E-state index in [-0.39, 0.29) is 0 Å². The van der Waals surface area contributed by atoms with Gasteiger partial charge in [0.25, 0.3) is 0 Å². The van der Waals surface area contributed by atoms with E-state index in [1.807, 2.05) is 0 Å². The number of hydrogen-bond acceptors (Lipinski definition) is 3. The molecule has 46 valence electrons. The molecule has 7 heavy (non-hydrogen) atoms. The second-order valence-electron chi connectivity index (χ2n) is 0.428. The van der Waals surface area contributed by atoms with Gasteiger partial charge in [-0.2, -0.15) is 0 Å². The Morgan fingerprint density at radius 2 is 1.57 bits per heavy atom. The third-order valence-corrected chi connectivity index (χ3v) is 0. The Kier molecular flexibility index (Phi) is 9.78. The molecule has 0 radical (unpaired) electrons. The van der Waals surface area contributed by atoms with E-state index in [4.69, 9.17) is 0 Å². The Hall–Kier alpha value is 1.79. The van der Waals surface area contributed by atoms with Crippen LogP contribution in [0.15, 0.2) is 0 Å². The Morgan fingerprint density at radius 3 is 1.57 bits per heavy atom. The normalized spacial score (nSPS) is 9.14. The van der Waals surface area contributed by atoms with E-state index < -0.39 is 9.86 Å². The van der Waals surface area contributed by atoms with E-state index in [1.165, 1.54) is 0 Å². The molecular weight excluding hydrogens is 250 g/mol. The molecule has 0 fully saturated rings. The zero-order valence-corrected chi connectivity index (χ0v) is 9.14. The van der Waals surface area contributed by atoms with Crippen molar-refractivity contribution in [2.24, 2.45) is 0 Å². The van der Waals surface area contributed by atoms with Crippen molar-refractivity contribution in [3.05, 3.63) is 0 Å². The van der Waals surface area contributed by atoms with Gasteiger partial charge in [0.05, 0.1) is 7.05 Å². The Bertz CT molecular complexity index is 94.9. The SMILES string of the molecule is C[NH3+].[S]=[Mo](=[S])([S-])[SH]. The van der Waals surface area contributed by atoms with E-state index in [9.17, 15) is 0 Å². The van der Waals surface area contributed by atoms with Crippen molar-refractivity contribution in [3.63, 3.8) is 0 Å². The van der Waals surface area contributed by atoms with Crippen LogP contribution in [-0.4, -0.2) is 7.05 Å². The van der Waals surface area contributed by atoms with Gasteiger partial charge in [0.2, 0.25) is 0 Å². The van der Waals surface area contributed by atoms with Gasteiger partial charge in [-0.15, -0.1) is 0 Å². The minimum absolute atomic E-state index is 1.75. The van der Waals surface area contributed by atoms with Crippen molar-refractivity contribution in [1.29, 1.82) is 0 Å². The molecule has 0 aromatic carbocycles. The van der Waals surface area contributed by atoms with E-state index >= 15 is 0 Å². The molecule has 0 aromatic rings. The summed E-state index contributed by atoms with van der Waals surface area (Å²) in [4.78, 5) is 0. The van der Waals surface area contributed by atoms with E-state index in [0.29, 0.717) is 0 Å². The summed E-state index contributed by atoms with van der Waals surface area (Å²) in [5.74, 6) is 0. The van der Waals surface area contributed by atoms with Crippen molar-refractivity contribution in [2.45, 2.75) is 0 Å². The van der Waals surface area contributed by atoms with Crippen molar-refractivity contribution in [1.82, 2.24) is 0 Å². The fourth-order valence-electron chi connectivity index (χ4n) is 0. The molecule has 0 aliphatic rings. The number of quaternary nitrogens is 1. The van der Waals surface area contributed by atoms with Gasteiger partial charge in [-0.1, -0.05) is 0 Å². The molecule has 0 amide bonds. The van der Waals surface area contributed by atoms with Crippen LogP contribution in [-0.2, 0) is 20.2 Å². The predicted molar refractivity (Wildman–Crippen MR) is 40.3 cm³/mol.